The minimum absolute atomic E-state index is 0.0282. The predicted molar refractivity (Wildman–Crippen MR) is 76.2 cm³/mol. The van der Waals surface area contributed by atoms with Crippen molar-refractivity contribution >= 4 is 5.97 Å². The van der Waals surface area contributed by atoms with E-state index in [9.17, 15) is 14.3 Å². The van der Waals surface area contributed by atoms with Gasteiger partial charge in [-0.25, -0.2) is 9.18 Å². The summed E-state index contributed by atoms with van der Waals surface area (Å²) in [5.74, 6) is -1.41. The molecule has 1 aromatic carbocycles. The summed E-state index contributed by atoms with van der Waals surface area (Å²) >= 11 is 0. The van der Waals surface area contributed by atoms with Gasteiger partial charge in [-0.15, -0.1) is 0 Å². The third-order valence-electron chi connectivity index (χ3n) is 4.76. The minimum Gasteiger partial charge on any atom is -0.489 e. The molecule has 1 N–H and O–H groups in total. The Bertz CT molecular complexity index is 534. The van der Waals surface area contributed by atoms with Crippen LogP contribution < -0.4 is 4.74 Å². The molecule has 2 heterocycles. The highest BCUT2D eigenvalue weighted by Gasteiger charge is 2.37. The monoisotopic (exact) mass is 293 g/mol. The Balaban J connectivity index is 1.78. The van der Waals surface area contributed by atoms with E-state index in [2.05, 4.69) is 11.9 Å². The maximum atomic E-state index is 13.4. The predicted octanol–water partition coefficient (Wildman–Crippen LogP) is 2.92. The van der Waals surface area contributed by atoms with Crippen molar-refractivity contribution in [3.8, 4) is 5.75 Å². The zero-order chi connectivity index (χ0) is 15.0. The molecule has 2 aliphatic heterocycles. The molecule has 2 unspecified atom stereocenters. The lowest BCUT2D eigenvalue weighted by atomic mass is 9.83. The second kappa shape index (κ2) is 5.64. The average molecular weight is 293 g/mol. The molecule has 4 nitrogen and oxygen atoms in total. The molecule has 5 heteroatoms. The fourth-order valence-corrected chi connectivity index (χ4v) is 3.61. The van der Waals surface area contributed by atoms with Crippen molar-refractivity contribution in [2.24, 2.45) is 0 Å². The van der Waals surface area contributed by atoms with Crippen LogP contribution in [-0.4, -0.2) is 41.2 Å². The first kappa shape index (κ1) is 14.3. The summed E-state index contributed by atoms with van der Waals surface area (Å²) < 4.78 is 19.2. The van der Waals surface area contributed by atoms with E-state index >= 15 is 0 Å². The summed E-state index contributed by atoms with van der Waals surface area (Å²) in [5.41, 5.74) is 0.0282. The third-order valence-corrected chi connectivity index (χ3v) is 4.76. The fourth-order valence-electron chi connectivity index (χ4n) is 3.61. The van der Waals surface area contributed by atoms with Crippen LogP contribution in [0.25, 0.3) is 0 Å². The maximum Gasteiger partial charge on any atom is 0.339 e. The molecule has 3 rings (SSSR count). The SMILES string of the molecule is CN1C2CCC[C@@H]1CC(Oc1cc(F)ccc1C(=O)O)C2. The highest BCUT2D eigenvalue weighted by Crippen LogP contribution is 2.35. The number of carboxylic acid groups (broad SMARTS) is 1. The molecule has 21 heavy (non-hydrogen) atoms. The van der Waals surface area contributed by atoms with Gasteiger partial charge in [-0.3, -0.25) is 0 Å². The molecule has 114 valence electrons. The van der Waals surface area contributed by atoms with Crippen molar-refractivity contribution in [2.75, 3.05) is 7.05 Å². The molecule has 0 radical (unpaired) electrons. The Morgan fingerprint density at radius 3 is 2.62 bits per heavy atom. The largest absolute Gasteiger partial charge is 0.489 e. The molecule has 1 aromatic rings. The number of benzene rings is 1. The van der Waals surface area contributed by atoms with Gasteiger partial charge in [0.25, 0.3) is 0 Å². The van der Waals surface area contributed by atoms with Gasteiger partial charge in [0, 0.05) is 18.2 Å². The lowest BCUT2D eigenvalue weighted by molar-refractivity contribution is -0.000376. The molecular weight excluding hydrogens is 273 g/mol. The first-order valence-corrected chi connectivity index (χ1v) is 7.46. The smallest absolute Gasteiger partial charge is 0.339 e. The molecule has 0 amide bonds. The third kappa shape index (κ3) is 2.88. The summed E-state index contributed by atoms with van der Waals surface area (Å²) in [4.78, 5) is 13.6. The quantitative estimate of drug-likeness (QED) is 0.931. The molecule has 0 saturated carbocycles. The van der Waals surface area contributed by atoms with E-state index in [1.54, 1.807) is 0 Å². The van der Waals surface area contributed by atoms with Gasteiger partial charge in [-0.2, -0.15) is 0 Å². The highest BCUT2D eigenvalue weighted by molar-refractivity contribution is 5.90. The summed E-state index contributed by atoms with van der Waals surface area (Å²) in [6.45, 7) is 0. The Morgan fingerprint density at radius 1 is 1.33 bits per heavy atom. The van der Waals surface area contributed by atoms with E-state index in [4.69, 9.17) is 4.74 Å². The molecule has 0 spiro atoms. The summed E-state index contributed by atoms with van der Waals surface area (Å²) in [7, 11) is 2.15. The van der Waals surface area contributed by atoms with Gasteiger partial charge in [0.05, 0.1) is 0 Å². The van der Waals surface area contributed by atoms with Gasteiger partial charge in [0.2, 0.25) is 0 Å². The molecular formula is C16H20FNO3. The number of rotatable bonds is 3. The standard InChI is InChI=1S/C16H20FNO3/c1-18-11-3-2-4-12(18)9-13(8-11)21-15-7-10(17)5-6-14(15)16(19)20/h5-7,11-13H,2-4,8-9H2,1H3,(H,19,20)/t11-,12?,13?/m1/s1. The van der Waals surface area contributed by atoms with Gasteiger partial charge in [0.15, 0.2) is 0 Å². The van der Waals surface area contributed by atoms with Crippen LogP contribution in [-0.2, 0) is 0 Å². The summed E-state index contributed by atoms with van der Waals surface area (Å²) in [6, 6.07) is 4.58. The van der Waals surface area contributed by atoms with Crippen LogP contribution in [0.4, 0.5) is 4.39 Å². The van der Waals surface area contributed by atoms with Crippen LogP contribution in [0.5, 0.6) is 5.75 Å². The zero-order valence-corrected chi connectivity index (χ0v) is 12.1. The molecule has 2 bridgehead atoms. The van der Waals surface area contributed by atoms with Crippen molar-refractivity contribution in [1.82, 2.24) is 4.90 Å². The minimum atomic E-state index is -1.09. The molecule has 0 aromatic heterocycles. The van der Waals surface area contributed by atoms with Gasteiger partial charge >= 0.3 is 5.97 Å². The number of ether oxygens (including phenoxy) is 1. The van der Waals surface area contributed by atoms with Crippen molar-refractivity contribution < 1.29 is 19.0 Å². The van der Waals surface area contributed by atoms with E-state index in [1.807, 2.05) is 0 Å². The number of hydrogen-bond donors (Lipinski definition) is 1. The molecule has 2 saturated heterocycles. The van der Waals surface area contributed by atoms with Crippen molar-refractivity contribution in [3.63, 3.8) is 0 Å². The number of hydrogen-bond acceptors (Lipinski definition) is 3. The van der Waals surface area contributed by atoms with Crippen LogP contribution in [0, 0.1) is 5.82 Å². The lowest BCUT2D eigenvalue weighted by Gasteiger charge is -2.46. The topological polar surface area (TPSA) is 49.8 Å². The van der Waals surface area contributed by atoms with Gasteiger partial charge < -0.3 is 14.7 Å². The zero-order valence-electron chi connectivity index (χ0n) is 12.1. The Labute approximate surface area is 123 Å². The Kier molecular flexibility index (Phi) is 3.85. The summed E-state index contributed by atoms with van der Waals surface area (Å²) in [6.07, 6.45) is 5.28. The number of nitrogens with zero attached hydrogens (tertiary/aromatic N) is 1. The van der Waals surface area contributed by atoms with E-state index in [0.717, 1.165) is 31.7 Å². The molecule has 3 atom stereocenters. The number of piperidine rings is 2. The van der Waals surface area contributed by atoms with Crippen molar-refractivity contribution in [1.29, 1.82) is 0 Å². The Hall–Kier alpha value is -1.62. The summed E-state index contributed by atoms with van der Waals surface area (Å²) in [5, 5.41) is 9.18. The molecule has 0 aliphatic carbocycles. The van der Waals surface area contributed by atoms with Gasteiger partial charge in [-0.05, 0) is 44.9 Å². The molecule has 2 fully saturated rings. The Morgan fingerprint density at radius 2 is 2.00 bits per heavy atom. The second-order valence-corrected chi connectivity index (χ2v) is 6.06. The normalized spacial score (nSPS) is 29.1. The van der Waals surface area contributed by atoms with E-state index in [-0.39, 0.29) is 17.4 Å². The number of carboxylic acids is 1. The van der Waals surface area contributed by atoms with Gasteiger partial charge in [-0.1, -0.05) is 6.42 Å². The number of fused-ring (bicyclic) bond motifs is 2. The van der Waals surface area contributed by atoms with Crippen LogP contribution in [0.2, 0.25) is 0 Å². The van der Waals surface area contributed by atoms with Crippen LogP contribution in [0.1, 0.15) is 42.5 Å². The number of aromatic carboxylic acids is 1. The first-order chi connectivity index (χ1) is 10.0. The van der Waals surface area contributed by atoms with E-state index in [1.165, 1.54) is 18.6 Å². The van der Waals surface area contributed by atoms with E-state index < -0.39 is 11.8 Å². The van der Waals surface area contributed by atoms with E-state index in [0.29, 0.717) is 12.1 Å². The van der Waals surface area contributed by atoms with Crippen LogP contribution in [0.15, 0.2) is 18.2 Å². The second-order valence-electron chi connectivity index (χ2n) is 6.06. The highest BCUT2D eigenvalue weighted by atomic mass is 19.1. The number of carbonyl (C=O) groups is 1. The van der Waals surface area contributed by atoms with Crippen molar-refractivity contribution in [2.45, 2.75) is 50.3 Å². The van der Waals surface area contributed by atoms with Crippen molar-refractivity contribution in [3.05, 3.63) is 29.6 Å². The lowest BCUT2D eigenvalue weighted by Crippen LogP contribution is -2.52. The maximum absolute atomic E-state index is 13.4. The van der Waals surface area contributed by atoms with Crippen LogP contribution >= 0.6 is 0 Å². The number of halogens is 1. The first-order valence-electron chi connectivity index (χ1n) is 7.46. The fraction of sp³-hybridized carbons (Fsp3) is 0.562. The molecule has 2 aliphatic rings. The van der Waals surface area contributed by atoms with Crippen LogP contribution in [0.3, 0.4) is 0 Å². The van der Waals surface area contributed by atoms with Gasteiger partial charge in [0.1, 0.15) is 23.2 Å². The average Bonchev–Trinajstić information content (AvgIpc) is 2.39.